The van der Waals surface area contributed by atoms with Crippen molar-refractivity contribution in [2.45, 2.75) is 32.3 Å². The first-order valence-corrected chi connectivity index (χ1v) is 4.95. The molecule has 4 bridgehead atoms. The average molecular weight is 152 g/mol. The van der Waals surface area contributed by atoms with Crippen LogP contribution in [0.2, 0.25) is 0 Å². The third-order valence-electron chi connectivity index (χ3n) is 4.66. The number of hydrogen-bond donors (Lipinski definition) is 1. The standard InChI is InChI=1S/C10H16O/c1-5-6-2-7-4-8(5)10(11)9(7)3-6/h5-11H,2-4H2,1H3. The molecule has 6 atom stereocenters. The van der Waals surface area contributed by atoms with Crippen molar-refractivity contribution in [1.82, 2.24) is 0 Å². The zero-order valence-corrected chi connectivity index (χ0v) is 7.03. The zero-order chi connectivity index (χ0) is 7.59. The molecule has 0 spiro atoms. The van der Waals surface area contributed by atoms with Gasteiger partial charge >= 0.3 is 0 Å². The first kappa shape index (κ1) is 6.47. The van der Waals surface area contributed by atoms with Gasteiger partial charge in [-0.3, -0.25) is 0 Å². The van der Waals surface area contributed by atoms with Crippen molar-refractivity contribution in [3.8, 4) is 0 Å². The van der Waals surface area contributed by atoms with Crippen LogP contribution in [0.1, 0.15) is 26.2 Å². The van der Waals surface area contributed by atoms with Crippen molar-refractivity contribution in [2.75, 3.05) is 0 Å². The van der Waals surface area contributed by atoms with Crippen molar-refractivity contribution in [3.63, 3.8) is 0 Å². The van der Waals surface area contributed by atoms with Crippen molar-refractivity contribution >= 4 is 0 Å². The Hall–Kier alpha value is -0.0400. The molecule has 0 aromatic rings. The highest BCUT2D eigenvalue weighted by Gasteiger charge is 2.56. The molecule has 6 unspecified atom stereocenters. The largest absolute Gasteiger partial charge is 0.393 e. The zero-order valence-electron chi connectivity index (χ0n) is 7.03. The third-order valence-corrected chi connectivity index (χ3v) is 4.66. The Morgan fingerprint density at radius 2 is 1.73 bits per heavy atom. The van der Waals surface area contributed by atoms with Crippen molar-refractivity contribution in [1.29, 1.82) is 0 Å². The molecule has 1 N–H and O–H groups in total. The predicted octanol–water partition coefficient (Wildman–Crippen LogP) is 1.66. The Balaban J connectivity index is 2.00. The highest BCUT2D eigenvalue weighted by molar-refractivity contribution is 5.05. The molecule has 4 fully saturated rings. The van der Waals surface area contributed by atoms with E-state index in [0.717, 1.165) is 17.8 Å². The summed E-state index contributed by atoms with van der Waals surface area (Å²) >= 11 is 0. The normalized spacial score (nSPS) is 66.0. The molecule has 4 rings (SSSR count). The Labute approximate surface area is 67.8 Å². The third kappa shape index (κ3) is 0.618. The monoisotopic (exact) mass is 152 g/mol. The lowest BCUT2D eigenvalue weighted by atomic mass is 9.72. The fourth-order valence-corrected chi connectivity index (χ4v) is 4.00. The van der Waals surface area contributed by atoms with E-state index < -0.39 is 0 Å². The van der Waals surface area contributed by atoms with Crippen LogP contribution in [0.3, 0.4) is 0 Å². The van der Waals surface area contributed by atoms with Gasteiger partial charge in [-0.15, -0.1) is 0 Å². The molecule has 0 aromatic heterocycles. The number of aliphatic hydroxyl groups is 1. The molecular formula is C10H16O. The number of aliphatic hydroxyl groups excluding tert-OH is 1. The highest BCUT2D eigenvalue weighted by atomic mass is 16.3. The summed E-state index contributed by atoms with van der Waals surface area (Å²) in [6.07, 6.45) is 4.18. The first-order chi connectivity index (χ1) is 5.27. The number of hydrogen-bond acceptors (Lipinski definition) is 1. The average Bonchev–Trinajstić information content (AvgIpc) is 2.43. The molecule has 0 radical (unpaired) electrons. The Kier molecular flexibility index (Phi) is 1.07. The van der Waals surface area contributed by atoms with Crippen molar-refractivity contribution in [2.24, 2.45) is 29.6 Å². The molecular weight excluding hydrogens is 136 g/mol. The fourth-order valence-electron chi connectivity index (χ4n) is 4.00. The quantitative estimate of drug-likeness (QED) is 0.559. The Morgan fingerprint density at radius 3 is 2.45 bits per heavy atom. The predicted molar refractivity (Wildman–Crippen MR) is 43.0 cm³/mol. The van der Waals surface area contributed by atoms with Crippen LogP contribution in [0.5, 0.6) is 0 Å². The molecule has 62 valence electrons. The van der Waals surface area contributed by atoms with Gasteiger partial charge in [-0.2, -0.15) is 0 Å². The van der Waals surface area contributed by atoms with Gasteiger partial charge < -0.3 is 5.11 Å². The molecule has 0 aromatic carbocycles. The van der Waals surface area contributed by atoms with Gasteiger partial charge in [-0.25, -0.2) is 0 Å². The SMILES string of the molecule is CC1C2CC3CC1C(O)C3C2. The summed E-state index contributed by atoms with van der Waals surface area (Å²) < 4.78 is 0. The van der Waals surface area contributed by atoms with Gasteiger partial charge in [-0.05, 0) is 48.9 Å². The van der Waals surface area contributed by atoms with E-state index in [2.05, 4.69) is 6.92 Å². The molecule has 11 heavy (non-hydrogen) atoms. The van der Waals surface area contributed by atoms with E-state index in [9.17, 15) is 5.11 Å². The summed E-state index contributed by atoms with van der Waals surface area (Å²) in [7, 11) is 0. The van der Waals surface area contributed by atoms with Crippen LogP contribution in [0, 0.1) is 29.6 Å². The Morgan fingerprint density at radius 1 is 1.00 bits per heavy atom. The van der Waals surface area contributed by atoms with Gasteiger partial charge in [0.15, 0.2) is 0 Å². The molecule has 4 aliphatic rings. The number of rotatable bonds is 0. The van der Waals surface area contributed by atoms with E-state index in [4.69, 9.17) is 0 Å². The van der Waals surface area contributed by atoms with Crippen LogP contribution in [0.4, 0.5) is 0 Å². The smallest absolute Gasteiger partial charge is 0.0602 e. The lowest BCUT2D eigenvalue weighted by molar-refractivity contribution is 0.0180. The topological polar surface area (TPSA) is 20.2 Å². The highest BCUT2D eigenvalue weighted by Crippen LogP contribution is 2.60. The minimum atomic E-state index is 0.0775. The molecule has 0 aliphatic heterocycles. The second kappa shape index (κ2) is 1.82. The van der Waals surface area contributed by atoms with Gasteiger partial charge in [0.25, 0.3) is 0 Å². The van der Waals surface area contributed by atoms with E-state index in [1.54, 1.807) is 0 Å². The minimum Gasteiger partial charge on any atom is -0.393 e. The second-order valence-corrected chi connectivity index (χ2v) is 4.90. The van der Waals surface area contributed by atoms with E-state index in [0.29, 0.717) is 11.8 Å². The maximum Gasteiger partial charge on any atom is 0.0602 e. The van der Waals surface area contributed by atoms with Crippen molar-refractivity contribution < 1.29 is 5.11 Å². The molecule has 1 nitrogen and oxygen atoms in total. The van der Waals surface area contributed by atoms with E-state index in [-0.39, 0.29) is 6.10 Å². The van der Waals surface area contributed by atoms with E-state index >= 15 is 0 Å². The van der Waals surface area contributed by atoms with Gasteiger partial charge in [0.1, 0.15) is 0 Å². The minimum absolute atomic E-state index is 0.0775. The van der Waals surface area contributed by atoms with Crippen LogP contribution >= 0.6 is 0 Å². The van der Waals surface area contributed by atoms with Gasteiger partial charge in [-0.1, -0.05) is 6.92 Å². The van der Waals surface area contributed by atoms with Crippen molar-refractivity contribution in [3.05, 3.63) is 0 Å². The molecule has 0 amide bonds. The van der Waals surface area contributed by atoms with Gasteiger partial charge in [0.2, 0.25) is 0 Å². The molecule has 4 aliphatic carbocycles. The van der Waals surface area contributed by atoms with E-state index in [1.807, 2.05) is 0 Å². The summed E-state index contributed by atoms with van der Waals surface area (Å²) in [5, 5.41) is 9.88. The molecule has 1 heteroatoms. The summed E-state index contributed by atoms with van der Waals surface area (Å²) in [4.78, 5) is 0. The lowest BCUT2D eigenvalue weighted by Crippen LogP contribution is -2.34. The summed E-state index contributed by atoms with van der Waals surface area (Å²) in [6, 6.07) is 0. The lowest BCUT2D eigenvalue weighted by Gasteiger charge is -2.35. The fraction of sp³-hybridized carbons (Fsp3) is 1.00. The maximum absolute atomic E-state index is 9.88. The van der Waals surface area contributed by atoms with Crippen LogP contribution < -0.4 is 0 Å². The Bertz CT molecular complexity index is 183. The molecule has 0 heterocycles. The van der Waals surface area contributed by atoms with E-state index in [1.165, 1.54) is 19.3 Å². The van der Waals surface area contributed by atoms with Gasteiger partial charge in [0.05, 0.1) is 6.10 Å². The van der Waals surface area contributed by atoms with Crippen LogP contribution in [0.25, 0.3) is 0 Å². The summed E-state index contributed by atoms with van der Waals surface area (Å²) in [6.45, 7) is 2.34. The van der Waals surface area contributed by atoms with Crippen LogP contribution in [0.15, 0.2) is 0 Å². The maximum atomic E-state index is 9.88. The van der Waals surface area contributed by atoms with Crippen LogP contribution in [-0.2, 0) is 0 Å². The summed E-state index contributed by atoms with van der Waals surface area (Å²) in [5.41, 5.74) is 0. The molecule has 0 saturated heterocycles. The van der Waals surface area contributed by atoms with Gasteiger partial charge in [0, 0.05) is 0 Å². The second-order valence-electron chi connectivity index (χ2n) is 4.90. The molecule has 4 saturated carbocycles. The first-order valence-electron chi connectivity index (χ1n) is 4.95. The summed E-state index contributed by atoms with van der Waals surface area (Å²) in [5.74, 6) is 4.10. The van der Waals surface area contributed by atoms with Crippen LogP contribution in [-0.4, -0.2) is 11.2 Å².